The van der Waals surface area contributed by atoms with Crippen molar-refractivity contribution in [3.8, 4) is 0 Å². The van der Waals surface area contributed by atoms with Crippen LogP contribution in [0, 0.1) is 6.92 Å². The quantitative estimate of drug-likeness (QED) is 0.783. The molecule has 0 radical (unpaired) electrons. The van der Waals surface area contributed by atoms with Gasteiger partial charge < -0.3 is 9.80 Å². The summed E-state index contributed by atoms with van der Waals surface area (Å²) in [7, 11) is 0. The maximum atomic E-state index is 12.4. The van der Waals surface area contributed by atoms with Gasteiger partial charge in [0.05, 0.1) is 0 Å². The van der Waals surface area contributed by atoms with Crippen LogP contribution in [0.2, 0.25) is 0 Å². The zero-order chi connectivity index (χ0) is 18.4. The van der Waals surface area contributed by atoms with E-state index in [9.17, 15) is 9.59 Å². The average molecular weight is 371 g/mol. The van der Waals surface area contributed by atoms with E-state index in [1.165, 1.54) is 16.0 Å². The Morgan fingerprint density at radius 3 is 2.00 bits per heavy atom. The molecule has 3 rings (SSSR count). The molecule has 2 heterocycles. The van der Waals surface area contributed by atoms with Gasteiger partial charge in [0.25, 0.3) is 0 Å². The summed E-state index contributed by atoms with van der Waals surface area (Å²) < 4.78 is 0. The first kappa shape index (κ1) is 18.6. The van der Waals surface area contributed by atoms with Gasteiger partial charge in [-0.2, -0.15) is 0 Å². The first-order valence-electron chi connectivity index (χ1n) is 9.25. The highest BCUT2D eigenvalue weighted by molar-refractivity contribution is 7.09. The van der Waals surface area contributed by atoms with Crippen LogP contribution in [0.25, 0.3) is 0 Å². The summed E-state index contributed by atoms with van der Waals surface area (Å²) in [4.78, 5) is 29.8. The third-order valence-electron chi connectivity index (χ3n) is 4.90. The lowest BCUT2D eigenvalue weighted by Gasteiger charge is -2.35. The summed E-state index contributed by atoms with van der Waals surface area (Å²) >= 11 is 1.70. The minimum absolute atomic E-state index is 0.191. The Balaban J connectivity index is 1.39. The molecule has 0 N–H and O–H groups in total. The van der Waals surface area contributed by atoms with Crippen LogP contribution in [0.1, 0.15) is 28.8 Å². The maximum Gasteiger partial charge on any atom is 0.223 e. The van der Waals surface area contributed by atoms with Crippen molar-refractivity contribution in [3.63, 3.8) is 0 Å². The molecule has 0 aliphatic carbocycles. The van der Waals surface area contributed by atoms with Gasteiger partial charge in [0.1, 0.15) is 0 Å². The molecule has 1 aliphatic heterocycles. The number of carbonyl (C=O) groups is 2. The lowest BCUT2D eigenvalue weighted by molar-refractivity contribution is -0.139. The number of nitrogens with zero attached hydrogens (tertiary/aromatic N) is 2. The van der Waals surface area contributed by atoms with Crippen LogP contribution in [0.5, 0.6) is 0 Å². The van der Waals surface area contributed by atoms with Crippen LogP contribution in [0.15, 0.2) is 41.8 Å². The standard InChI is InChI=1S/C21H26N2O2S/c1-17-4-6-18(7-5-17)8-10-20(24)22-12-14-23(15-13-22)21(25)11-9-19-3-2-16-26-19/h2-7,16H,8-15H2,1H3. The summed E-state index contributed by atoms with van der Waals surface area (Å²) in [5.41, 5.74) is 2.44. The summed E-state index contributed by atoms with van der Waals surface area (Å²) in [5, 5.41) is 2.04. The Labute approximate surface area is 159 Å². The number of amides is 2. The highest BCUT2D eigenvalue weighted by Crippen LogP contribution is 2.13. The molecule has 0 saturated carbocycles. The molecule has 0 bridgehead atoms. The lowest BCUT2D eigenvalue weighted by atomic mass is 10.1. The zero-order valence-electron chi connectivity index (χ0n) is 15.3. The molecule has 0 spiro atoms. The number of carbonyl (C=O) groups excluding carboxylic acids is 2. The molecule has 5 heteroatoms. The SMILES string of the molecule is Cc1ccc(CCC(=O)N2CCN(C(=O)CCc3cccs3)CC2)cc1. The van der Waals surface area contributed by atoms with Gasteiger partial charge in [-0.1, -0.05) is 35.9 Å². The van der Waals surface area contributed by atoms with Crippen LogP contribution in [0.4, 0.5) is 0 Å². The summed E-state index contributed by atoms with van der Waals surface area (Å²) in [6, 6.07) is 12.4. The van der Waals surface area contributed by atoms with Crippen molar-refractivity contribution in [2.45, 2.75) is 32.6 Å². The van der Waals surface area contributed by atoms with Crippen molar-refractivity contribution < 1.29 is 9.59 Å². The topological polar surface area (TPSA) is 40.6 Å². The van der Waals surface area contributed by atoms with E-state index in [0.29, 0.717) is 39.0 Å². The number of hydrogen-bond donors (Lipinski definition) is 0. The summed E-state index contributed by atoms with van der Waals surface area (Å²) in [6.07, 6.45) is 2.68. The van der Waals surface area contributed by atoms with E-state index in [-0.39, 0.29) is 11.8 Å². The van der Waals surface area contributed by atoms with Gasteiger partial charge in [0, 0.05) is 43.9 Å². The predicted molar refractivity (Wildman–Crippen MR) is 105 cm³/mol. The fourth-order valence-electron chi connectivity index (χ4n) is 3.21. The Morgan fingerprint density at radius 2 is 1.46 bits per heavy atom. The van der Waals surface area contributed by atoms with E-state index in [1.54, 1.807) is 11.3 Å². The van der Waals surface area contributed by atoms with Crippen LogP contribution in [-0.2, 0) is 22.4 Å². The number of thiophene rings is 1. The second kappa shape index (κ2) is 8.99. The molecule has 1 fully saturated rings. The van der Waals surface area contributed by atoms with Gasteiger partial charge in [-0.25, -0.2) is 0 Å². The van der Waals surface area contributed by atoms with Crippen molar-refractivity contribution in [2.75, 3.05) is 26.2 Å². The second-order valence-electron chi connectivity index (χ2n) is 6.83. The molecule has 1 aliphatic rings. The van der Waals surface area contributed by atoms with Crippen molar-refractivity contribution >= 4 is 23.2 Å². The van der Waals surface area contributed by atoms with Crippen LogP contribution in [0.3, 0.4) is 0 Å². The van der Waals surface area contributed by atoms with Crippen LogP contribution in [-0.4, -0.2) is 47.8 Å². The lowest BCUT2D eigenvalue weighted by Crippen LogP contribution is -2.50. The molecule has 0 unspecified atom stereocenters. The zero-order valence-corrected chi connectivity index (χ0v) is 16.1. The smallest absolute Gasteiger partial charge is 0.223 e. The molecule has 1 saturated heterocycles. The average Bonchev–Trinajstić information content (AvgIpc) is 3.19. The predicted octanol–water partition coefficient (Wildman–Crippen LogP) is 3.29. The molecular weight excluding hydrogens is 344 g/mol. The highest BCUT2D eigenvalue weighted by Gasteiger charge is 2.23. The Kier molecular flexibility index (Phi) is 6.45. The first-order chi connectivity index (χ1) is 12.6. The van der Waals surface area contributed by atoms with Gasteiger partial charge in [0.2, 0.25) is 11.8 Å². The molecule has 1 aromatic heterocycles. The Hall–Kier alpha value is -2.14. The van der Waals surface area contributed by atoms with Gasteiger partial charge in [-0.3, -0.25) is 9.59 Å². The van der Waals surface area contributed by atoms with Crippen molar-refractivity contribution in [3.05, 3.63) is 57.8 Å². The number of benzene rings is 1. The number of rotatable bonds is 6. The normalized spacial score (nSPS) is 14.5. The van der Waals surface area contributed by atoms with Crippen LogP contribution < -0.4 is 0 Å². The van der Waals surface area contributed by atoms with E-state index in [2.05, 4.69) is 37.3 Å². The van der Waals surface area contributed by atoms with Gasteiger partial charge in [0.15, 0.2) is 0 Å². The van der Waals surface area contributed by atoms with Gasteiger partial charge in [-0.05, 0) is 36.8 Å². The molecule has 4 nitrogen and oxygen atoms in total. The van der Waals surface area contributed by atoms with Crippen molar-refractivity contribution in [1.29, 1.82) is 0 Å². The molecular formula is C21H26N2O2S. The van der Waals surface area contributed by atoms with E-state index in [1.807, 2.05) is 21.2 Å². The van der Waals surface area contributed by atoms with Gasteiger partial charge in [-0.15, -0.1) is 11.3 Å². The van der Waals surface area contributed by atoms with Crippen molar-refractivity contribution in [1.82, 2.24) is 9.80 Å². The molecule has 0 atom stereocenters. The minimum atomic E-state index is 0.191. The molecule has 26 heavy (non-hydrogen) atoms. The fraction of sp³-hybridized carbons (Fsp3) is 0.429. The Bertz CT molecular complexity index is 717. The number of piperazine rings is 1. The van der Waals surface area contributed by atoms with E-state index in [4.69, 9.17) is 0 Å². The van der Waals surface area contributed by atoms with E-state index < -0.39 is 0 Å². The monoisotopic (exact) mass is 370 g/mol. The second-order valence-corrected chi connectivity index (χ2v) is 7.86. The highest BCUT2D eigenvalue weighted by atomic mass is 32.1. The van der Waals surface area contributed by atoms with E-state index in [0.717, 1.165) is 12.8 Å². The Morgan fingerprint density at radius 1 is 0.885 bits per heavy atom. The summed E-state index contributed by atoms with van der Waals surface area (Å²) in [6.45, 7) is 4.67. The molecule has 1 aromatic carbocycles. The third-order valence-corrected chi connectivity index (χ3v) is 5.83. The molecule has 138 valence electrons. The van der Waals surface area contributed by atoms with Crippen molar-refractivity contribution in [2.24, 2.45) is 0 Å². The fourth-order valence-corrected chi connectivity index (χ4v) is 3.92. The maximum absolute atomic E-state index is 12.4. The van der Waals surface area contributed by atoms with Crippen LogP contribution >= 0.6 is 11.3 Å². The first-order valence-corrected chi connectivity index (χ1v) is 10.1. The number of hydrogen-bond acceptors (Lipinski definition) is 3. The number of aryl methyl sites for hydroxylation is 3. The van der Waals surface area contributed by atoms with Gasteiger partial charge >= 0.3 is 0 Å². The largest absolute Gasteiger partial charge is 0.339 e. The third kappa shape index (κ3) is 5.18. The minimum Gasteiger partial charge on any atom is -0.339 e. The van der Waals surface area contributed by atoms with E-state index >= 15 is 0 Å². The molecule has 2 aromatic rings. The summed E-state index contributed by atoms with van der Waals surface area (Å²) in [5.74, 6) is 0.390. The molecule has 2 amide bonds.